The summed E-state index contributed by atoms with van der Waals surface area (Å²) in [5.41, 5.74) is 4.79. The van der Waals surface area contributed by atoms with E-state index in [0.29, 0.717) is 6.54 Å². The fraction of sp³-hybridized carbons (Fsp3) is 0.667. The van der Waals surface area contributed by atoms with Crippen molar-refractivity contribution in [1.82, 2.24) is 10.2 Å². The quantitative estimate of drug-likeness (QED) is 0.575. The first-order valence-corrected chi connectivity index (χ1v) is 4.88. The molecule has 0 radical (unpaired) electrons. The molecule has 7 nitrogen and oxygen atoms in total. The Morgan fingerprint density at radius 3 is 2.38 bits per heavy atom. The van der Waals surface area contributed by atoms with Gasteiger partial charge in [0, 0.05) is 0 Å². The van der Waals surface area contributed by atoms with E-state index in [2.05, 4.69) is 4.74 Å². The van der Waals surface area contributed by atoms with Crippen molar-refractivity contribution < 1.29 is 19.1 Å². The second kappa shape index (κ2) is 7.63. The number of nitrogens with zero attached hydrogens (tertiary/aromatic N) is 1. The second-order valence-corrected chi connectivity index (χ2v) is 3.20. The van der Waals surface area contributed by atoms with Crippen molar-refractivity contribution in [1.29, 1.82) is 0 Å². The maximum Gasteiger partial charge on any atom is 0.319 e. The van der Waals surface area contributed by atoms with Crippen LogP contribution < -0.4 is 11.1 Å². The van der Waals surface area contributed by atoms with Crippen LogP contribution >= 0.6 is 0 Å². The molecule has 7 heteroatoms. The summed E-state index contributed by atoms with van der Waals surface area (Å²) in [4.78, 5) is 34.2. The van der Waals surface area contributed by atoms with Gasteiger partial charge < -0.3 is 10.5 Å². The van der Waals surface area contributed by atoms with E-state index in [1.54, 1.807) is 4.90 Å². The third kappa shape index (κ3) is 6.77. The molecular formula is C9H17N3O4. The monoisotopic (exact) mass is 231 g/mol. The van der Waals surface area contributed by atoms with Gasteiger partial charge in [-0.15, -0.1) is 0 Å². The molecule has 0 heterocycles. The molecule has 3 N–H and O–H groups in total. The van der Waals surface area contributed by atoms with Crippen molar-refractivity contribution in [2.45, 2.75) is 13.3 Å². The number of imide groups is 1. The Kier molecular flexibility index (Phi) is 6.86. The molecule has 0 atom stereocenters. The molecule has 0 spiro atoms. The van der Waals surface area contributed by atoms with E-state index in [9.17, 15) is 14.4 Å². The van der Waals surface area contributed by atoms with E-state index in [-0.39, 0.29) is 13.1 Å². The molecule has 0 rings (SSSR count). The number of carbonyl (C=O) groups excluding carboxylic acids is 3. The highest BCUT2D eigenvalue weighted by atomic mass is 16.5. The minimum Gasteiger partial charge on any atom is -0.468 e. The summed E-state index contributed by atoms with van der Waals surface area (Å²) in [6.07, 6.45) is 0.779. The van der Waals surface area contributed by atoms with Crippen LogP contribution in [0.4, 0.5) is 4.79 Å². The SMILES string of the molecule is CCCN(CC(=O)NC(N)=O)CC(=O)OC. The van der Waals surface area contributed by atoms with Gasteiger partial charge in [0.1, 0.15) is 0 Å². The number of rotatable bonds is 6. The van der Waals surface area contributed by atoms with Gasteiger partial charge in [0.25, 0.3) is 0 Å². The molecule has 92 valence electrons. The third-order valence-electron chi connectivity index (χ3n) is 1.75. The van der Waals surface area contributed by atoms with Crippen LogP contribution in [0.15, 0.2) is 0 Å². The lowest BCUT2D eigenvalue weighted by molar-refractivity contribution is -0.142. The average Bonchev–Trinajstić information content (AvgIpc) is 2.16. The Bertz CT molecular complexity index is 267. The van der Waals surface area contributed by atoms with Crippen LogP contribution in [0.2, 0.25) is 0 Å². The van der Waals surface area contributed by atoms with Crippen molar-refractivity contribution in [2.75, 3.05) is 26.7 Å². The van der Waals surface area contributed by atoms with E-state index in [4.69, 9.17) is 5.73 Å². The molecular weight excluding hydrogens is 214 g/mol. The van der Waals surface area contributed by atoms with Crippen molar-refractivity contribution >= 4 is 17.9 Å². The maximum absolute atomic E-state index is 11.2. The Hall–Kier alpha value is -1.63. The Morgan fingerprint density at radius 1 is 1.31 bits per heavy atom. The zero-order valence-electron chi connectivity index (χ0n) is 9.49. The number of hydrogen-bond acceptors (Lipinski definition) is 5. The lowest BCUT2D eigenvalue weighted by Gasteiger charge is -2.18. The number of esters is 1. The molecule has 0 unspecified atom stereocenters. The van der Waals surface area contributed by atoms with Crippen LogP contribution in [0.3, 0.4) is 0 Å². The number of amides is 3. The predicted molar refractivity (Wildman–Crippen MR) is 56.5 cm³/mol. The minimum atomic E-state index is -0.903. The number of urea groups is 1. The molecule has 0 saturated heterocycles. The molecule has 0 aromatic carbocycles. The number of nitrogens with one attached hydrogen (secondary N) is 1. The highest BCUT2D eigenvalue weighted by Gasteiger charge is 2.14. The lowest BCUT2D eigenvalue weighted by atomic mass is 10.4. The number of nitrogens with two attached hydrogens (primary N) is 1. The summed E-state index contributed by atoms with van der Waals surface area (Å²) in [6, 6.07) is -0.903. The summed E-state index contributed by atoms with van der Waals surface area (Å²) in [5.74, 6) is -0.967. The summed E-state index contributed by atoms with van der Waals surface area (Å²) < 4.78 is 4.49. The van der Waals surface area contributed by atoms with Crippen molar-refractivity contribution in [3.8, 4) is 0 Å². The molecule has 0 aromatic heterocycles. The van der Waals surface area contributed by atoms with Crippen molar-refractivity contribution in [3.63, 3.8) is 0 Å². The smallest absolute Gasteiger partial charge is 0.319 e. The molecule has 0 aliphatic rings. The van der Waals surface area contributed by atoms with Gasteiger partial charge >= 0.3 is 12.0 Å². The number of methoxy groups -OCH3 is 1. The molecule has 3 amide bonds. The number of hydrogen-bond donors (Lipinski definition) is 2. The van der Waals surface area contributed by atoms with Gasteiger partial charge in [-0.2, -0.15) is 0 Å². The van der Waals surface area contributed by atoms with Crippen LogP contribution in [0.5, 0.6) is 0 Å². The van der Waals surface area contributed by atoms with E-state index in [0.717, 1.165) is 6.42 Å². The summed E-state index contributed by atoms with van der Waals surface area (Å²) >= 11 is 0. The second-order valence-electron chi connectivity index (χ2n) is 3.20. The van der Waals surface area contributed by atoms with Crippen LogP contribution in [-0.4, -0.2) is 49.6 Å². The van der Waals surface area contributed by atoms with E-state index < -0.39 is 17.9 Å². The van der Waals surface area contributed by atoms with Gasteiger partial charge in [-0.05, 0) is 13.0 Å². The van der Waals surface area contributed by atoms with Crippen LogP contribution in [0.25, 0.3) is 0 Å². The van der Waals surface area contributed by atoms with Crippen molar-refractivity contribution in [2.24, 2.45) is 5.73 Å². The zero-order chi connectivity index (χ0) is 12.6. The highest BCUT2D eigenvalue weighted by Crippen LogP contribution is 1.92. The number of carbonyl (C=O) groups is 3. The minimum absolute atomic E-state index is 0.0104. The molecule has 0 bridgehead atoms. The standard InChI is InChI=1S/C9H17N3O4/c1-3-4-12(6-8(14)16-2)5-7(13)11-9(10)15/h3-6H2,1-2H3,(H3,10,11,13,15). The first-order chi connectivity index (χ1) is 7.49. The van der Waals surface area contributed by atoms with Gasteiger partial charge in [0.15, 0.2) is 0 Å². The predicted octanol–water partition coefficient (Wildman–Crippen LogP) is -0.934. The normalized spacial score (nSPS) is 9.94. The van der Waals surface area contributed by atoms with Gasteiger partial charge in [-0.1, -0.05) is 6.92 Å². The van der Waals surface area contributed by atoms with Gasteiger partial charge in [0.2, 0.25) is 5.91 Å². The van der Waals surface area contributed by atoms with Crippen LogP contribution in [0, 0.1) is 0 Å². The first kappa shape index (κ1) is 14.4. The topological polar surface area (TPSA) is 102 Å². The molecule has 0 aliphatic carbocycles. The van der Waals surface area contributed by atoms with E-state index >= 15 is 0 Å². The Balaban J connectivity index is 4.15. The maximum atomic E-state index is 11.2. The van der Waals surface area contributed by atoms with Crippen molar-refractivity contribution in [3.05, 3.63) is 0 Å². The molecule has 0 fully saturated rings. The lowest BCUT2D eigenvalue weighted by Crippen LogP contribution is -2.44. The third-order valence-corrected chi connectivity index (χ3v) is 1.75. The van der Waals surface area contributed by atoms with E-state index in [1.807, 2.05) is 12.2 Å². The summed E-state index contributed by atoms with van der Waals surface area (Å²) in [5, 5.41) is 1.93. The largest absolute Gasteiger partial charge is 0.468 e. The highest BCUT2D eigenvalue weighted by molar-refractivity contribution is 5.94. The summed E-state index contributed by atoms with van der Waals surface area (Å²) in [7, 11) is 1.27. The summed E-state index contributed by atoms with van der Waals surface area (Å²) in [6.45, 7) is 2.42. The molecule has 0 aliphatic heterocycles. The molecule has 16 heavy (non-hydrogen) atoms. The molecule has 0 aromatic rings. The Morgan fingerprint density at radius 2 is 1.94 bits per heavy atom. The van der Waals surface area contributed by atoms with E-state index in [1.165, 1.54) is 7.11 Å². The first-order valence-electron chi connectivity index (χ1n) is 4.88. The van der Waals surface area contributed by atoms with Gasteiger partial charge in [-0.3, -0.25) is 19.8 Å². The zero-order valence-corrected chi connectivity index (χ0v) is 9.49. The Labute approximate surface area is 93.9 Å². The fourth-order valence-corrected chi connectivity index (χ4v) is 1.16. The van der Waals surface area contributed by atoms with Gasteiger partial charge in [-0.25, -0.2) is 4.79 Å². The van der Waals surface area contributed by atoms with Crippen LogP contribution in [-0.2, 0) is 14.3 Å². The molecule has 0 saturated carbocycles. The fourth-order valence-electron chi connectivity index (χ4n) is 1.16. The van der Waals surface area contributed by atoms with Gasteiger partial charge in [0.05, 0.1) is 20.2 Å². The van der Waals surface area contributed by atoms with Crippen LogP contribution in [0.1, 0.15) is 13.3 Å². The number of primary amides is 1. The average molecular weight is 231 g/mol. The number of ether oxygens (including phenoxy) is 1.